The maximum absolute atomic E-state index is 9.63. The fourth-order valence-electron chi connectivity index (χ4n) is 1.98. The lowest BCUT2D eigenvalue weighted by atomic mass is 9.82. The predicted molar refractivity (Wildman–Crippen MR) is 47.4 cm³/mol. The molecule has 11 heavy (non-hydrogen) atoms. The van der Waals surface area contributed by atoms with Crippen molar-refractivity contribution in [1.82, 2.24) is 0 Å². The molecule has 2 unspecified atom stereocenters. The van der Waals surface area contributed by atoms with E-state index in [0.29, 0.717) is 5.92 Å². The Balaban J connectivity index is 2.65. The number of aliphatic hydroxyl groups excluding tert-OH is 1. The molecule has 0 saturated carbocycles. The van der Waals surface area contributed by atoms with Crippen LogP contribution in [-0.2, 0) is 0 Å². The zero-order valence-corrected chi connectivity index (χ0v) is 7.51. The van der Waals surface area contributed by atoms with Gasteiger partial charge in [-0.1, -0.05) is 25.5 Å². The topological polar surface area (TPSA) is 20.2 Å². The van der Waals surface area contributed by atoms with Crippen LogP contribution in [-0.4, -0.2) is 11.2 Å². The molecule has 1 aliphatic rings. The Morgan fingerprint density at radius 3 is 2.73 bits per heavy atom. The molecule has 0 aromatic carbocycles. The predicted octanol–water partition coefficient (Wildman–Crippen LogP) is 2.50. The Hall–Kier alpha value is -0.300. The Kier molecular flexibility index (Phi) is 3.13. The van der Waals surface area contributed by atoms with Crippen molar-refractivity contribution in [2.24, 2.45) is 5.92 Å². The summed E-state index contributed by atoms with van der Waals surface area (Å²) in [6.07, 6.45) is 6.46. The molecule has 1 nitrogen and oxygen atoms in total. The average Bonchev–Trinajstić information content (AvgIpc) is 2.04. The summed E-state index contributed by atoms with van der Waals surface area (Å²) in [5.74, 6) is 0.453. The SMILES string of the molecule is CCC1=CCCC(O)C1CC. The monoisotopic (exact) mass is 154 g/mol. The van der Waals surface area contributed by atoms with Gasteiger partial charge in [-0.3, -0.25) is 0 Å². The van der Waals surface area contributed by atoms with Crippen molar-refractivity contribution in [2.75, 3.05) is 0 Å². The zero-order chi connectivity index (χ0) is 8.27. The van der Waals surface area contributed by atoms with Crippen LogP contribution in [0.1, 0.15) is 39.5 Å². The number of aliphatic hydroxyl groups is 1. The van der Waals surface area contributed by atoms with E-state index in [4.69, 9.17) is 0 Å². The highest BCUT2D eigenvalue weighted by molar-refractivity contribution is 5.11. The second-order valence-electron chi connectivity index (χ2n) is 3.29. The molecule has 0 spiro atoms. The summed E-state index contributed by atoms with van der Waals surface area (Å²) in [6.45, 7) is 4.33. The Labute approximate surface area is 69.1 Å². The van der Waals surface area contributed by atoms with Crippen LogP contribution in [0.15, 0.2) is 11.6 Å². The second-order valence-corrected chi connectivity index (χ2v) is 3.29. The van der Waals surface area contributed by atoms with Crippen LogP contribution in [0.5, 0.6) is 0 Å². The van der Waals surface area contributed by atoms with Gasteiger partial charge in [0.1, 0.15) is 0 Å². The third-order valence-corrected chi connectivity index (χ3v) is 2.66. The van der Waals surface area contributed by atoms with Crippen LogP contribution in [0.3, 0.4) is 0 Å². The molecule has 64 valence electrons. The zero-order valence-electron chi connectivity index (χ0n) is 7.51. The van der Waals surface area contributed by atoms with Crippen molar-refractivity contribution < 1.29 is 5.11 Å². The van der Waals surface area contributed by atoms with E-state index in [2.05, 4.69) is 19.9 Å². The van der Waals surface area contributed by atoms with Crippen molar-refractivity contribution >= 4 is 0 Å². The van der Waals surface area contributed by atoms with E-state index in [0.717, 1.165) is 25.7 Å². The Bertz CT molecular complexity index is 149. The summed E-state index contributed by atoms with van der Waals surface area (Å²) < 4.78 is 0. The summed E-state index contributed by atoms with van der Waals surface area (Å²) in [5, 5.41) is 9.63. The van der Waals surface area contributed by atoms with Gasteiger partial charge >= 0.3 is 0 Å². The molecule has 0 bridgehead atoms. The first-order valence-electron chi connectivity index (χ1n) is 4.66. The minimum Gasteiger partial charge on any atom is -0.392 e. The third kappa shape index (κ3) is 1.84. The van der Waals surface area contributed by atoms with Gasteiger partial charge in [0.25, 0.3) is 0 Å². The number of hydrogen-bond donors (Lipinski definition) is 1. The first kappa shape index (κ1) is 8.79. The molecule has 0 radical (unpaired) electrons. The van der Waals surface area contributed by atoms with Gasteiger partial charge in [0.2, 0.25) is 0 Å². The maximum Gasteiger partial charge on any atom is 0.0608 e. The molecule has 0 aliphatic heterocycles. The van der Waals surface area contributed by atoms with Gasteiger partial charge in [0.15, 0.2) is 0 Å². The van der Waals surface area contributed by atoms with Crippen molar-refractivity contribution in [3.05, 3.63) is 11.6 Å². The van der Waals surface area contributed by atoms with E-state index in [1.165, 1.54) is 5.57 Å². The van der Waals surface area contributed by atoms with E-state index >= 15 is 0 Å². The molecule has 0 fully saturated rings. The smallest absolute Gasteiger partial charge is 0.0608 e. The molecule has 0 aromatic rings. The van der Waals surface area contributed by atoms with Gasteiger partial charge < -0.3 is 5.11 Å². The van der Waals surface area contributed by atoms with Crippen LogP contribution in [0.25, 0.3) is 0 Å². The highest BCUT2D eigenvalue weighted by atomic mass is 16.3. The van der Waals surface area contributed by atoms with Crippen molar-refractivity contribution in [3.63, 3.8) is 0 Å². The Morgan fingerprint density at radius 1 is 1.55 bits per heavy atom. The number of allylic oxidation sites excluding steroid dienone is 1. The largest absolute Gasteiger partial charge is 0.392 e. The molecule has 1 rings (SSSR count). The molecular weight excluding hydrogens is 136 g/mol. The van der Waals surface area contributed by atoms with Crippen LogP contribution in [0.4, 0.5) is 0 Å². The van der Waals surface area contributed by atoms with Crippen LogP contribution in [0.2, 0.25) is 0 Å². The molecule has 1 aliphatic carbocycles. The normalized spacial score (nSPS) is 31.7. The summed E-state index contributed by atoms with van der Waals surface area (Å²) >= 11 is 0. The van der Waals surface area contributed by atoms with Crippen LogP contribution in [0, 0.1) is 5.92 Å². The molecule has 1 heteroatoms. The van der Waals surface area contributed by atoms with Crippen LogP contribution < -0.4 is 0 Å². The molecule has 1 N–H and O–H groups in total. The van der Waals surface area contributed by atoms with Crippen LogP contribution >= 0.6 is 0 Å². The minimum absolute atomic E-state index is 0.0695. The fourth-order valence-corrected chi connectivity index (χ4v) is 1.98. The van der Waals surface area contributed by atoms with Gasteiger partial charge in [0.05, 0.1) is 6.10 Å². The van der Waals surface area contributed by atoms with Crippen molar-refractivity contribution in [2.45, 2.75) is 45.6 Å². The van der Waals surface area contributed by atoms with Crippen molar-refractivity contribution in [3.8, 4) is 0 Å². The van der Waals surface area contributed by atoms with E-state index in [-0.39, 0.29) is 6.10 Å². The minimum atomic E-state index is -0.0695. The van der Waals surface area contributed by atoms with Gasteiger partial charge in [-0.05, 0) is 25.7 Å². The quantitative estimate of drug-likeness (QED) is 0.606. The van der Waals surface area contributed by atoms with Gasteiger partial charge in [0, 0.05) is 5.92 Å². The molecule has 0 saturated heterocycles. The van der Waals surface area contributed by atoms with E-state index < -0.39 is 0 Å². The summed E-state index contributed by atoms with van der Waals surface area (Å²) in [6, 6.07) is 0. The maximum atomic E-state index is 9.63. The highest BCUT2D eigenvalue weighted by Crippen LogP contribution is 2.29. The molecule has 0 aromatic heterocycles. The summed E-state index contributed by atoms with van der Waals surface area (Å²) in [4.78, 5) is 0. The van der Waals surface area contributed by atoms with Gasteiger partial charge in [-0.25, -0.2) is 0 Å². The highest BCUT2D eigenvalue weighted by Gasteiger charge is 2.22. The second kappa shape index (κ2) is 3.91. The number of rotatable bonds is 2. The molecule has 2 atom stereocenters. The van der Waals surface area contributed by atoms with E-state index in [1.54, 1.807) is 0 Å². The molecular formula is C10H18O. The van der Waals surface area contributed by atoms with E-state index in [1.807, 2.05) is 0 Å². The first-order chi connectivity index (χ1) is 5.29. The molecule has 0 heterocycles. The number of hydrogen-bond acceptors (Lipinski definition) is 1. The summed E-state index contributed by atoms with van der Waals surface area (Å²) in [7, 11) is 0. The molecule has 0 amide bonds. The Morgan fingerprint density at radius 2 is 2.27 bits per heavy atom. The van der Waals surface area contributed by atoms with E-state index in [9.17, 15) is 5.11 Å². The lowest BCUT2D eigenvalue weighted by Crippen LogP contribution is -2.24. The first-order valence-corrected chi connectivity index (χ1v) is 4.66. The fraction of sp³-hybridized carbons (Fsp3) is 0.800. The average molecular weight is 154 g/mol. The third-order valence-electron chi connectivity index (χ3n) is 2.66. The lowest BCUT2D eigenvalue weighted by molar-refractivity contribution is 0.106. The lowest BCUT2D eigenvalue weighted by Gasteiger charge is -2.27. The standard InChI is InChI=1S/C10H18O/c1-3-8-6-5-7-10(11)9(8)4-2/h6,9-11H,3-5,7H2,1-2H3. The van der Waals surface area contributed by atoms with Gasteiger partial charge in [-0.2, -0.15) is 0 Å². The van der Waals surface area contributed by atoms with Gasteiger partial charge in [-0.15, -0.1) is 0 Å². The van der Waals surface area contributed by atoms with Crippen molar-refractivity contribution in [1.29, 1.82) is 0 Å². The summed E-state index contributed by atoms with van der Waals surface area (Å²) in [5.41, 5.74) is 1.46.